The van der Waals surface area contributed by atoms with Crippen LogP contribution in [0.3, 0.4) is 0 Å². The van der Waals surface area contributed by atoms with E-state index in [1.165, 1.54) is 11.8 Å². The van der Waals surface area contributed by atoms with Crippen LogP contribution in [0.15, 0.2) is 46.3 Å². The number of methoxy groups -OCH3 is 1. The number of amides is 1. The van der Waals surface area contributed by atoms with E-state index in [0.29, 0.717) is 57.8 Å². The Kier molecular flexibility index (Phi) is 6.88. The van der Waals surface area contributed by atoms with Crippen LogP contribution in [0, 0.1) is 0 Å². The minimum atomic E-state index is -0.516. The monoisotopic (exact) mass is 475 g/mol. The Labute approximate surface area is 193 Å². The molecule has 1 aliphatic rings. The minimum Gasteiger partial charge on any atom is -0.454 e. The Balaban J connectivity index is 1.57. The van der Waals surface area contributed by atoms with Gasteiger partial charge in [0.25, 0.3) is 5.56 Å². The molecule has 2 aromatic carbocycles. The number of ether oxygens (including phenoxy) is 3. The number of hydrogen-bond donors (Lipinski definition) is 1. The van der Waals surface area contributed by atoms with Gasteiger partial charge in [0.15, 0.2) is 16.7 Å². The number of thioether (sulfide) groups is 1. The molecule has 0 aliphatic carbocycles. The molecule has 0 bridgehead atoms. The molecule has 0 radical (unpaired) electrons. The van der Waals surface area contributed by atoms with Gasteiger partial charge in [-0.1, -0.05) is 23.4 Å². The SMILES string of the molecule is COCCCn1c(SC(C)C(=O)Nc2ccc3c(c2)OCO3)nc2cc(Cl)ccc2c1=O. The summed E-state index contributed by atoms with van der Waals surface area (Å²) in [5, 5.41) is 3.78. The summed E-state index contributed by atoms with van der Waals surface area (Å²) in [5.41, 5.74) is 0.924. The van der Waals surface area contributed by atoms with Crippen LogP contribution in [-0.4, -0.2) is 41.2 Å². The lowest BCUT2D eigenvalue weighted by Gasteiger charge is -2.16. The van der Waals surface area contributed by atoms with Gasteiger partial charge in [-0.15, -0.1) is 0 Å². The van der Waals surface area contributed by atoms with Gasteiger partial charge in [0, 0.05) is 37.0 Å². The Bertz CT molecular complexity index is 1220. The molecule has 0 saturated heterocycles. The maximum atomic E-state index is 13.1. The highest BCUT2D eigenvalue weighted by Gasteiger charge is 2.21. The fraction of sp³-hybridized carbons (Fsp3) is 0.318. The molecule has 32 heavy (non-hydrogen) atoms. The highest BCUT2D eigenvalue weighted by atomic mass is 35.5. The average Bonchev–Trinajstić information content (AvgIpc) is 3.23. The van der Waals surface area contributed by atoms with Crippen molar-refractivity contribution >= 4 is 45.9 Å². The second-order valence-electron chi connectivity index (χ2n) is 7.18. The molecule has 1 aromatic heterocycles. The number of rotatable bonds is 8. The Morgan fingerprint density at radius 1 is 1.28 bits per heavy atom. The van der Waals surface area contributed by atoms with Crippen LogP contribution in [0.5, 0.6) is 11.5 Å². The normalized spacial score (nSPS) is 13.3. The topological polar surface area (TPSA) is 91.7 Å². The molecule has 3 aromatic rings. The standard InChI is InChI=1S/C22H22ClN3O5S/c1-13(20(27)24-15-5-7-18-19(11-15)31-12-30-18)32-22-25-17-10-14(23)4-6-16(17)21(28)26(22)8-3-9-29-2/h4-7,10-11,13H,3,8-9,12H2,1-2H3,(H,24,27). The van der Waals surface area contributed by atoms with Gasteiger partial charge in [-0.2, -0.15) is 0 Å². The van der Waals surface area contributed by atoms with Crippen molar-refractivity contribution < 1.29 is 19.0 Å². The molecule has 0 saturated carbocycles. The summed E-state index contributed by atoms with van der Waals surface area (Å²) < 4.78 is 17.4. The number of fused-ring (bicyclic) bond motifs is 2. The third-order valence-electron chi connectivity index (χ3n) is 4.90. The summed E-state index contributed by atoms with van der Waals surface area (Å²) in [6, 6.07) is 10.2. The lowest BCUT2D eigenvalue weighted by Crippen LogP contribution is -2.27. The van der Waals surface area contributed by atoms with Gasteiger partial charge in [0.2, 0.25) is 12.7 Å². The van der Waals surface area contributed by atoms with E-state index in [9.17, 15) is 9.59 Å². The van der Waals surface area contributed by atoms with Gasteiger partial charge in [-0.25, -0.2) is 4.98 Å². The lowest BCUT2D eigenvalue weighted by atomic mass is 10.2. The molecule has 1 unspecified atom stereocenters. The molecule has 0 fully saturated rings. The first-order chi connectivity index (χ1) is 15.5. The van der Waals surface area contributed by atoms with Crippen molar-refractivity contribution in [1.82, 2.24) is 9.55 Å². The van der Waals surface area contributed by atoms with E-state index in [4.69, 9.17) is 25.8 Å². The summed E-state index contributed by atoms with van der Waals surface area (Å²) in [7, 11) is 1.61. The number of carbonyl (C=O) groups excluding carboxylic acids is 1. The van der Waals surface area contributed by atoms with Crippen molar-refractivity contribution in [3.05, 3.63) is 51.8 Å². The highest BCUT2D eigenvalue weighted by Crippen LogP contribution is 2.34. The Hall–Kier alpha value is -2.75. The Morgan fingerprint density at radius 2 is 2.09 bits per heavy atom. The summed E-state index contributed by atoms with van der Waals surface area (Å²) in [4.78, 5) is 30.6. The van der Waals surface area contributed by atoms with Crippen molar-refractivity contribution in [3.63, 3.8) is 0 Å². The fourth-order valence-electron chi connectivity index (χ4n) is 3.26. The zero-order valence-electron chi connectivity index (χ0n) is 17.6. The number of carbonyl (C=O) groups is 1. The summed E-state index contributed by atoms with van der Waals surface area (Å²) in [6.45, 7) is 2.87. The van der Waals surface area contributed by atoms with Gasteiger partial charge >= 0.3 is 0 Å². The summed E-state index contributed by atoms with van der Waals surface area (Å²) >= 11 is 7.31. The van der Waals surface area contributed by atoms with E-state index in [1.54, 1.807) is 55.0 Å². The number of nitrogens with one attached hydrogen (secondary N) is 1. The molecule has 10 heteroatoms. The Morgan fingerprint density at radius 3 is 2.91 bits per heavy atom. The van der Waals surface area contributed by atoms with Crippen LogP contribution in [0.4, 0.5) is 5.69 Å². The van der Waals surface area contributed by atoms with Crippen molar-refractivity contribution in [2.45, 2.75) is 30.3 Å². The smallest absolute Gasteiger partial charge is 0.262 e. The molecule has 0 spiro atoms. The maximum Gasteiger partial charge on any atom is 0.262 e. The largest absolute Gasteiger partial charge is 0.454 e. The molecule has 168 valence electrons. The second kappa shape index (κ2) is 9.81. The van der Waals surface area contributed by atoms with Crippen LogP contribution in [0.25, 0.3) is 10.9 Å². The quantitative estimate of drug-likeness (QED) is 0.300. The van der Waals surface area contributed by atoms with E-state index in [2.05, 4.69) is 10.3 Å². The van der Waals surface area contributed by atoms with Crippen LogP contribution in [0.2, 0.25) is 5.02 Å². The molecule has 1 N–H and O–H groups in total. The number of nitrogens with zero attached hydrogens (tertiary/aromatic N) is 2. The van der Waals surface area contributed by atoms with Crippen LogP contribution >= 0.6 is 23.4 Å². The molecule has 2 heterocycles. The third-order valence-corrected chi connectivity index (χ3v) is 6.23. The van der Waals surface area contributed by atoms with Gasteiger partial charge in [-0.3, -0.25) is 14.2 Å². The molecular weight excluding hydrogens is 454 g/mol. The van der Waals surface area contributed by atoms with Crippen LogP contribution in [0.1, 0.15) is 13.3 Å². The molecule has 1 aliphatic heterocycles. The van der Waals surface area contributed by atoms with Crippen molar-refractivity contribution in [1.29, 1.82) is 0 Å². The van der Waals surface area contributed by atoms with Gasteiger partial charge < -0.3 is 19.5 Å². The fourth-order valence-corrected chi connectivity index (χ4v) is 4.36. The number of aromatic nitrogens is 2. The molecule has 4 rings (SSSR count). The first-order valence-electron chi connectivity index (χ1n) is 10.0. The summed E-state index contributed by atoms with van der Waals surface area (Å²) in [6.07, 6.45) is 0.641. The predicted molar refractivity (Wildman–Crippen MR) is 124 cm³/mol. The van der Waals surface area contributed by atoms with E-state index in [-0.39, 0.29) is 18.3 Å². The van der Waals surface area contributed by atoms with Crippen LogP contribution < -0.4 is 20.3 Å². The van der Waals surface area contributed by atoms with Crippen molar-refractivity contribution in [3.8, 4) is 11.5 Å². The van der Waals surface area contributed by atoms with Crippen molar-refractivity contribution in [2.24, 2.45) is 0 Å². The zero-order valence-corrected chi connectivity index (χ0v) is 19.2. The van der Waals surface area contributed by atoms with Gasteiger partial charge in [-0.05, 0) is 43.7 Å². The number of halogens is 1. The predicted octanol–water partition coefficient (Wildman–Crippen LogP) is 3.93. The lowest BCUT2D eigenvalue weighted by molar-refractivity contribution is -0.115. The minimum absolute atomic E-state index is 0.164. The maximum absolute atomic E-state index is 13.1. The van der Waals surface area contributed by atoms with E-state index < -0.39 is 5.25 Å². The van der Waals surface area contributed by atoms with E-state index in [1.807, 2.05) is 0 Å². The molecule has 1 amide bonds. The van der Waals surface area contributed by atoms with E-state index >= 15 is 0 Å². The van der Waals surface area contributed by atoms with Gasteiger partial charge in [0.1, 0.15) is 0 Å². The van der Waals surface area contributed by atoms with Crippen LogP contribution in [-0.2, 0) is 16.1 Å². The summed E-state index contributed by atoms with van der Waals surface area (Å²) in [5.74, 6) is 1.01. The third kappa shape index (κ3) is 4.85. The van der Waals surface area contributed by atoms with Crippen molar-refractivity contribution in [2.75, 3.05) is 25.8 Å². The van der Waals surface area contributed by atoms with Gasteiger partial charge in [0.05, 0.1) is 16.2 Å². The number of benzene rings is 2. The average molecular weight is 476 g/mol. The first-order valence-corrected chi connectivity index (χ1v) is 11.3. The number of anilines is 1. The molecule has 1 atom stereocenters. The molecular formula is C22H22ClN3O5S. The highest BCUT2D eigenvalue weighted by molar-refractivity contribution is 8.00. The number of hydrogen-bond acceptors (Lipinski definition) is 7. The first kappa shape index (κ1) is 22.4. The second-order valence-corrected chi connectivity index (χ2v) is 8.92. The molecule has 8 nitrogen and oxygen atoms in total. The van der Waals surface area contributed by atoms with E-state index in [0.717, 1.165) is 0 Å². The zero-order chi connectivity index (χ0) is 22.7.